The number of allylic oxidation sites excluding steroid dienone is 1. The third-order valence-electron chi connectivity index (χ3n) is 6.92. The smallest absolute Gasteiger partial charge is 0.347 e. The number of nitriles is 1. The van der Waals surface area contributed by atoms with Gasteiger partial charge in [0.05, 0.1) is 19.1 Å². The Morgan fingerprint density at radius 1 is 0.884 bits per heavy atom. The maximum atomic E-state index is 13.0. The molecule has 8 nitrogen and oxygen atoms in total. The van der Waals surface area contributed by atoms with Gasteiger partial charge in [0, 0.05) is 11.6 Å². The predicted octanol–water partition coefficient (Wildman–Crippen LogP) is 6.81. The zero-order valence-electron chi connectivity index (χ0n) is 24.3. The van der Waals surface area contributed by atoms with Gasteiger partial charge in [0.1, 0.15) is 41.1 Å². The van der Waals surface area contributed by atoms with E-state index in [-0.39, 0.29) is 17.2 Å². The van der Waals surface area contributed by atoms with Crippen LogP contribution < -0.4 is 29.4 Å². The number of para-hydroxylation sites is 1. The zero-order chi connectivity index (χ0) is 30.3. The van der Waals surface area contributed by atoms with E-state index >= 15 is 0 Å². The standard InChI is InChI=1S/C35H32N2O6/c1-4-39-29-9-7-6-8-27(29)35(38)42-25-15-16-26-31(19-25)43-34(37)28(20-36)33(26)24-14-17-30(32(18-24)40-5-2)41-21-23-12-10-22(3)11-13-23/h6-19,33H,4-5,21,37H2,1-3H3. The molecule has 0 fully saturated rings. The highest BCUT2D eigenvalue weighted by Crippen LogP contribution is 2.45. The molecule has 0 radical (unpaired) electrons. The van der Waals surface area contributed by atoms with Crippen molar-refractivity contribution in [3.63, 3.8) is 0 Å². The summed E-state index contributed by atoms with van der Waals surface area (Å²) in [6, 6.07) is 27.8. The Balaban J connectivity index is 1.44. The third kappa shape index (κ3) is 6.41. The average molecular weight is 577 g/mol. The Labute approximate surface area is 250 Å². The number of carbonyl (C=O) groups is 1. The van der Waals surface area contributed by atoms with Crippen LogP contribution in [0.3, 0.4) is 0 Å². The van der Waals surface area contributed by atoms with E-state index in [1.807, 2.05) is 63.2 Å². The molecule has 0 saturated carbocycles. The zero-order valence-corrected chi connectivity index (χ0v) is 24.3. The van der Waals surface area contributed by atoms with E-state index in [2.05, 4.69) is 6.07 Å². The second kappa shape index (κ2) is 13.0. The van der Waals surface area contributed by atoms with Gasteiger partial charge >= 0.3 is 5.97 Å². The fourth-order valence-electron chi connectivity index (χ4n) is 4.86. The lowest BCUT2D eigenvalue weighted by atomic mass is 9.83. The van der Waals surface area contributed by atoms with E-state index in [1.54, 1.807) is 42.5 Å². The Bertz CT molecular complexity index is 1700. The topological polar surface area (TPSA) is 113 Å². The average Bonchev–Trinajstić information content (AvgIpc) is 3.01. The highest BCUT2D eigenvalue weighted by molar-refractivity contribution is 5.94. The highest BCUT2D eigenvalue weighted by Gasteiger charge is 2.32. The number of rotatable bonds is 10. The fourth-order valence-corrected chi connectivity index (χ4v) is 4.86. The van der Waals surface area contributed by atoms with Gasteiger partial charge in [-0.15, -0.1) is 0 Å². The molecule has 2 N–H and O–H groups in total. The van der Waals surface area contributed by atoms with Crippen molar-refractivity contribution in [2.24, 2.45) is 5.73 Å². The molecule has 0 saturated heterocycles. The molecule has 1 heterocycles. The Hall–Kier alpha value is -5.42. The molecule has 4 aromatic rings. The number of hydrogen-bond acceptors (Lipinski definition) is 8. The number of benzene rings is 4. The van der Waals surface area contributed by atoms with Gasteiger partial charge in [0.25, 0.3) is 0 Å². The van der Waals surface area contributed by atoms with Crippen LogP contribution in [0, 0.1) is 18.3 Å². The van der Waals surface area contributed by atoms with Crippen molar-refractivity contribution < 1.29 is 28.5 Å². The Kier molecular flexibility index (Phi) is 8.82. The van der Waals surface area contributed by atoms with Gasteiger partial charge in [0.2, 0.25) is 5.88 Å². The van der Waals surface area contributed by atoms with Crippen molar-refractivity contribution in [1.29, 1.82) is 5.26 Å². The lowest BCUT2D eigenvalue weighted by Gasteiger charge is -2.27. The van der Waals surface area contributed by atoms with Crippen LogP contribution in [0.2, 0.25) is 0 Å². The summed E-state index contributed by atoms with van der Waals surface area (Å²) in [5.74, 6) is 1.08. The summed E-state index contributed by atoms with van der Waals surface area (Å²) in [4.78, 5) is 13.0. The summed E-state index contributed by atoms with van der Waals surface area (Å²) >= 11 is 0. The number of nitrogens with zero attached hydrogens (tertiary/aromatic N) is 1. The number of nitrogens with two attached hydrogens (primary N) is 1. The minimum Gasteiger partial charge on any atom is -0.493 e. The first-order valence-corrected chi connectivity index (χ1v) is 14.0. The number of aryl methyl sites for hydroxylation is 1. The molecule has 1 aliphatic rings. The molecule has 4 aromatic carbocycles. The maximum Gasteiger partial charge on any atom is 0.347 e. The van der Waals surface area contributed by atoms with Crippen molar-refractivity contribution in [3.8, 4) is 34.8 Å². The van der Waals surface area contributed by atoms with Crippen LogP contribution in [-0.2, 0) is 6.61 Å². The van der Waals surface area contributed by atoms with E-state index in [4.69, 9.17) is 29.4 Å². The van der Waals surface area contributed by atoms with Crippen LogP contribution in [0.1, 0.15) is 52.4 Å². The summed E-state index contributed by atoms with van der Waals surface area (Å²) < 4.78 is 29.1. The number of ether oxygens (including phenoxy) is 5. The van der Waals surface area contributed by atoms with Crippen LogP contribution >= 0.6 is 0 Å². The monoisotopic (exact) mass is 576 g/mol. The molecule has 8 heteroatoms. The van der Waals surface area contributed by atoms with Crippen LogP contribution in [0.5, 0.6) is 28.7 Å². The minimum atomic E-state index is -0.569. The molecule has 1 unspecified atom stereocenters. The molecule has 1 atom stereocenters. The normalized spacial score (nSPS) is 13.8. The largest absolute Gasteiger partial charge is 0.493 e. The quantitative estimate of drug-likeness (QED) is 0.162. The summed E-state index contributed by atoms with van der Waals surface area (Å²) in [6.45, 7) is 7.00. The number of hydrogen-bond donors (Lipinski definition) is 1. The Morgan fingerprint density at radius 3 is 2.37 bits per heavy atom. The first-order valence-electron chi connectivity index (χ1n) is 14.0. The highest BCUT2D eigenvalue weighted by atomic mass is 16.5. The van der Waals surface area contributed by atoms with Gasteiger partial charge in [-0.05, 0) is 62.2 Å². The van der Waals surface area contributed by atoms with E-state index in [9.17, 15) is 10.1 Å². The van der Waals surface area contributed by atoms with Gasteiger partial charge in [0.15, 0.2) is 11.5 Å². The van der Waals surface area contributed by atoms with Crippen LogP contribution in [0.15, 0.2) is 96.4 Å². The predicted molar refractivity (Wildman–Crippen MR) is 161 cm³/mol. The maximum absolute atomic E-state index is 13.0. The van der Waals surface area contributed by atoms with Crippen molar-refractivity contribution in [1.82, 2.24) is 0 Å². The summed E-state index contributed by atoms with van der Waals surface area (Å²) in [7, 11) is 0. The first-order chi connectivity index (χ1) is 20.9. The minimum absolute atomic E-state index is 0.0252. The number of fused-ring (bicyclic) bond motifs is 1. The molecule has 0 aromatic heterocycles. The van der Waals surface area contributed by atoms with Crippen molar-refractivity contribution in [2.75, 3.05) is 13.2 Å². The van der Waals surface area contributed by atoms with E-state index in [0.29, 0.717) is 53.9 Å². The number of esters is 1. The van der Waals surface area contributed by atoms with Crippen LogP contribution in [0.25, 0.3) is 0 Å². The second-order valence-electron chi connectivity index (χ2n) is 9.86. The van der Waals surface area contributed by atoms with E-state index in [1.165, 1.54) is 5.56 Å². The molecule has 43 heavy (non-hydrogen) atoms. The lowest BCUT2D eigenvalue weighted by Crippen LogP contribution is -2.21. The molecular formula is C35H32N2O6. The molecule has 1 aliphatic heterocycles. The third-order valence-corrected chi connectivity index (χ3v) is 6.92. The SMILES string of the molecule is CCOc1cc(C2C(C#N)=C(N)Oc3cc(OC(=O)c4ccccc4OCC)ccc32)ccc1OCc1ccc(C)cc1. The van der Waals surface area contributed by atoms with Crippen LogP contribution in [-0.4, -0.2) is 19.2 Å². The second-order valence-corrected chi connectivity index (χ2v) is 9.86. The van der Waals surface area contributed by atoms with Gasteiger partial charge in [-0.1, -0.05) is 54.1 Å². The van der Waals surface area contributed by atoms with Crippen molar-refractivity contribution >= 4 is 5.97 Å². The molecule has 0 amide bonds. The lowest BCUT2D eigenvalue weighted by molar-refractivity contribution is 0.0730. The van der Waals surface area contributed by atoms with Gasteiger partial charge < -0.3 is 29.4 Å². The van der Waals surface area contributed by atoms with Crippen molar-refractivity contribution in [3.05, 3.63) is 124 Å². The van der Waals surface area contributed by atoms with Gasteiger partial charge in [-0.3, -0.25) is 0 Å². The Morgan fingerprint density at radius 2 is 1.63 bits per heavy atom. The van der Waals surface area contributed by atoms with Gasteiger partial charge in [-0.2, -0.15) is 5.26 Å². The van der Waals surface area contributed by atoms with Gasteiger partial charge in [-0.25, -0.2) is 4.79 Å². The molecule has 0 bridgehead atoms. The molecule has 5 rings (SSSR count). The molecule has 0 aliphatic carbocycles. The fraction of sp³-hybridized carbons (Fsp3) is 0.200. The molecular weight excluding hydrogens is 544 g/mol. The van der Waals surface area contributed by atoms with Crippen LogP contribution in [0.4, 0.5) is 0 Å². The molecule has 218 valence electrons. The summed E-state index contributed by atoms with van der Waals surface area (Å²) in [6.07, 6.45) is 0. The number of carbonyl (C=O) groups excluding carboxylic acids is 1. The molecule has 0 spiro atoms. The van der Waals surface area contributed by atoms with Crippen molar-refractivity contribution in [2.45, 2.75) is 33.3 Å². The summed E-state index contributed by atoms with van der Waals surface area (Å²) in [5.41, 5.74) is 10.5. The first kappa shape index (κ1) is 29.1. The van der Waals surface area contributed by atoms with E-state index in [0.717, 1.165) is 11.1 Å². The summed E-state index contributed by atoms with van der Waals surface area (Å²) in [5, 5.41) is 10.0. The van der Waals surface area contributed by atoms with E-state index < -0.39 is 11.9 Å².